The number of halogens is 2. The number of ether oxygens (including phenoxy) is 1. The molecule has 2 aromatic carbocycles. The molecule has 0 bridgehead atoms. The predicted molar refractivity (Wildman–Crippen MR) is 135 cm³/mol. The van der Waals surface area contributed by atoms with Crippen LogP contribution in [0.1, 0.15) is 23.2 Å². The number of esters is 1. The molecule has 1 aliphatic carbocycles. The Morgan fingerprint density at radius 1 is 1.18 bits per heavy atom. The quantitative estimate of drug-likeness (QED) is 0.328. The molecule has 0 aliphatic heterocycles. The highest BCUT2D eigenvalue weighted by atomic mass is 79.9. The molecule has 0 unspecified atom stereocenters. The van der Waals surface area contributed by atoms with Gasteiger partial charge in [0.25, 0.3) is 5.91 Å². The Hall–Kier alpha value is -2.61. The Kier molecular flexibility index (Phi) is 7.22. The molecule has 33 heavy (non-hydrogen) atoms. The SMILES string of the molecule is CN(C)CC(=O)OCCCNC(=O)C1=C(c2cc3cc(Cl)ccc3[nH]2)Cc2cc(Br)ccc21. The summed E-state index contributed by atoms with van der Waals surface area (Å²) in [6.07, 6.45) is 1.20. The summed E-state index contributed by atoms with van der Waals surface area (Å²) in [6.45, 7) is 0.925. The maximum Gasteiger partial charge on any atom is 0.320 e. The lowest BCUT2D eigenvalue weighted by Crippen LogP contribution is -2.27. The fourth-order valence-corrected chi connectivity index (χ4v) is 4.59. The molecule has 1 heterocycles. The second kappa shape index (κ2) is 10.1. The monoisotopic (exact) mass is 529 g/mol. The van der Waals surface area contributed by atoms with Crippen molar-refractivity contribution in [2.24, 2.45) is 0 Å². The highest BCUT2D eigenvalue weighted by molar-refractivity contribution is 9.10. The Balaban J connectivity index is 1.52. The van der Waals surface area contributed by atoms with Crippen LogP contribution in [0.25, 0.3) is 22.0 Å². The summed E-state index contributed by atoms with van der Waals surface area (Å²) in [6, 6.07) is 13.7. The van der Waals surface area contributed by atoms with Crippen molar-refractivity contribution in [3.63, 3.8) is 0 Å². The number of carbonyl (C=O) groups excluding carboxylic acids is 2. The summed E-state index contributed by atoms with van der Waals surface area (Å²) in [7, 11) is 3.62. The molecule has 6 nitrogen and oxygen atoms in total. The van der Waals surface area contributed by atoms with E-state index in [2.05, 4.69) is 32.3 Å². The number of rotatable bonds is 8. The Bertz CT molecular complexity index is 1250. The molecule has 172 valence electrons. The first kappa shape index (κ1) is 23.5. The van der Waals surface area contributed by atoms with Crippen molar-refractivity contribution in [3.05, 3.63) is 68.8 Å². The Morgan fingerprint density at radius 3 is 2.79 bits per heavy atom. The number of hydrogen-bond acceptors (Lipinski definition) is 4. The molecular weight excluding hydrogens is 506 g/mol. The number of amides is 1. The summed E-state index contributed by atoms with van der Waals surface area (Å²) in [5, 5.41) is 4.66. The third kappa shape index (κ3) is 5.49. The second-order valence-corrected chi connectivity index (χ2v) is 9.67. The Morgan fingerprint density at radius 2 is 2.00 bits per heavy atom. The van der Waals surface area contributed by atoms with Gasteiger partial charge in [-0.15, -0.1) is 0 Å². The lowest BCUT2D eigenvalue weighted by atomic mass is 10.0. The molecule has 0 saturated heterocycles. The molecule has 0 radical (unpaired) electrons. The van der Waals surface area contributed by atoms with Crippen LogP contribution in [0.4, 0.5) is 0 Å². The zero-order chi connectivity index (χ0) is 23.5. The van der Waals surface area contributed by atoms with E-state index in [1.54, 1.807) is 4.90 Å². The molecule has 0 saturated carbocycles. The first-order chi connectivity index (χ1) is 15.8. The van der Waals surface area contributed by atoms with Gasteiger partial charge < -0.3 is 15.0 Å². The second-order valence-electron chi connectivity index (χ2n) is 8.31. The maximum absolute atomic E-state index is 13.3. The highest BCUT2D eigenvalue weighted by Crippen LogP contribution is 2.40. The van der Waals surface area contributed by atoms with Crippen LogP contribution in [0.3, 0.4) is 0 Å². The van der Waals surface area contributed by atoms with Gasteiger partial charge in [0.05, 0.1) is 18.7 Å². The molecule has 2 N–H and O–H groups in total. The first-order valence-electron chi connectivity index (χ1n) is 10.7. The van der Waals surface area contributed by atoms with Gasteiger partial charge in [-0.25, -0.2) is 0 Å². The van der Waals surface area contributed by atoms with Crippen molar-refractivity contribution >= 4 is 61.5 Å². The van der Waals surface area contributed by atoms with Crippen LogP contribution >= 0.6 is 27.5 Å². The van der Waals surface area contributed by atoms with Crippen LogP contribution in [-0.4, -0.2) is 55.6 Å². The van der Waals surface area contributed by atoms with E-state index in [-0.39, 0.29) is 25.0 Å². The van der Waals surface area contributed by atoms with Crippen LogP contribution < -0.4 is 5.32 Å². The molecule has 1 aliphatic rings. The molecular formula is C25H25BrClN3O3. The van der Waals surface area contributed by atoms with E-state index < -0.39 is 0 Å². The van der Waals surface area contributed by atoms with Gasteiger partial charge in [0.2, 0.25) is 0 Å². The standard InChI is InChI=1S/C25H25BrClN3O3/c1-30(2)14-23(31)33-9-3-8-28-25(32)24-19-6-4-17(26)10-15(19)12-20(24)22-13-16-11-18(27)5-7-21(16)29-22/h4-7,10-11,13,29H,3,8-9,12,14H2,1-2H3,(H,28,32). The molecule has 8 heteroatoms. The average Bonchev–Trinajstić information content (AvgIpc) is 3.33. The smallest absolute Gasteiger partial charge is 0.320 e. The fourth-order valence-electron chi connectivity index (χ4n) is 4.00. The normalized spacial score (nSPS) is 13.0. The van der Waals surface area contributed by atoms with Crippen molar-refractivity contribution < 1.29 is 14.3 Å². The van der Waals surface area contributed by atoms with Gasteiger partial charge in [-0.2, -0.15) is 0 Å². The third-order valence-corrected chi connectivity index (χ3v) is 6.18. The topological polar surface area (TPSA) is 74.4 Å². The first-order valence-corrected chi connectivity index (χ1v) is 11.9. The minimum absolute atomic E-state index is 0.137. The number of benzene rings is 2. The largest absolute Gasteiger partial charge is 0.465 e. The van der Waals surface area contributed by atoms with E-state index in [1.807, 2.05) is 50.5 Å². The molecule has 0 spiro atoms. The number of nitrogens with zero attached hydrogens (tertiary/aromatic N) is 1. The van der Waals surface area contributed by atoms with Crippen molar-refractivity contribution in [3.8, 4) is 0 Å². The van der Waals surface area contributed by atoms with E-state index in [9.17, 15) is 9.59 Å². The van der Waals surface area contributed by atoms with Gasteiger partial charge in [-0.05, 0) is 73.6 Å². The summed E-state index contributed by atoms with van der Waals surface area (Å²) in [5.41, 5.74) is 5.52. The number of allylic oxidation sites excluding steroid dienone is 1. The van der Waals surface area contributed by atoms with E-state index in [0.29, 0.717) is 30.0 Å². The lowest BCUT2D eigenvalue weighted by molar-refractivity contribution is -0.144. The summed E-state index contributed by atoms with van der Waals surface area (Å²) < 4.78 is 6.18. The van der Waals surface area contributed by atoms with Crippen LogP contribution in [0, 0.1) is 0 Å². The number of carbonyl (C=O) groups is 2. The van der Waals surface area contributed by atoms with Gasteiger partial charge in [0, 0.05) is 39.1 Å². The molecule has 3 aromatic rings. The van der Waals surface area contributed by atoms with Crippen molar-refractivity contribution in [2.45, 2.75) is 12.8 Å². The van der Waals surface area contributed by atoms with Crippen molar-refractivity contribution in [1.82, 2.24) is 15.2 Å². The van der Waals surface area contributed by atoms with Gasteiger partial charge in [-0.1, -0.05) is 33.6 Å². The summed E-state index contributed by atoms with van der Waals surface area (Å²) in [5.74, 6) is -0.409. The fraction of sp³-hybridized carbons (Fsp3) is 0.280. The van der Waals surface area contributed by atoms with Crippen molar-refractivity contribution in [1.29, 1.82) is 0 Å². The lowest BCUT2D eigenvalue weighted by Gasteiger charge is -2.11. The van der Waals surface area contributed by atoms with Gasteiger partial charge in [0.15, 0.2) is 0 Å². The average molecular weight is 531 g/mol. The number of hydrogen-bond donors (Lipinski definition) is 2. The number of likely N-dealkylation sites (N-methyl/N-ethyl adjacent to an activating group) is 1. The molecule has 0 atom stereocenters. The highest BCUT2D eigenvalue weighted by Gasteiger charge is 2.28. The van der Waals surface area contributed by atoms with Gasteiger partial charge in [-0.3, -0.25) is 14.5 Å². The van der Waals surface area contributed by atoms with Crippen LogP contribution in [0.15, 0.2) is 46.9 Å². The number of aromatic amines is 1. The zero-order valence-electron chi connectivity index (χ0n) is 18.5. The van der Waals surface area contributed by atoms with Crippen LogP contribution in [0.2, 0.25) is 5.02 Å². The zero-order valence-corrected chi connectivity index (χ0v) is 20.8. The summed E-state index contributed by atoms with van der Waals surface area (Å²) in [4.78, 5) is 30.1. The van der Waals surface area contributed by atoms with Crippen molar-refractivity contribution in [2.75, 3.05) is 33.8 Å². The Labute approximate surface area is 206 Å². The van der Waals surface area contributed by atoms with Crippen LogP contribution in [0.5, 0.6) is 0 Å². The van der Waals surface area contributed by atoms with Gasteiger partial charge in [0.1, 0.15) is 0 Å². The van der Waals surface area contributed by atoms with Crippen LogP contribution in [-0.2, 0) is 20.7 Å². The number of H-pyrrole nitrogens is 1. The molecule has 0 fully saturated rings. The number of fused-ring (bicyclic) bond motifs is 2. The third-order valence-electron chi connectivity index (χ3n) is 5.46. The minimum atomic E-state index is -0.273. The molecule has 1 amide bonds. The predicted octanol–water partition coefficient (Wildman–Crippen LogP) is 4.66. The number of nitrogens with one attached hydrogen (secondary N) is 2. The van der Waals surface area contributed by atoms with E-state index in [4.69, 9.17) is 16.3 Å². The molecule has 4 rings (SSSR count). The van der Waals surface area contributed by atoms with E-state index in [0.717, 1.165) is 37.8 Å². The maximum atomic E-state index is 13.3. The van der Waals surface area contributed by atoms with E-state index in [1.165, 1.54) is 0 Å². The molecule has 1 aromatic heterocycles. The van der Waals surface area contributed by atoms with E-state index >= 15 is 0 Å². The summed E-state index contributed by atoms with van der Waals surface area (Å²) >= 11 is 9.69. The number of aromatic nitrogens is 1. The minimum Gasteiger partial charge on any atom is -0.465 e. The van der Waals surface area contributed by atoms with Gasteiger partial charge >= 0.3 is 5.97 Å².